The van der Waals surface area contributed by atoms with Gasteiger partial charge in [-0.3, -0.25) is 15.1 Å². The van der Waals surface area contributed by atoms with Gasteiger partial charge in [0.25, 0.3) is 0 Å². The van der Waals surface area contributed by atoms with E-state index in [-0.39, 0.29) is 16.3 Å². The monoisotopic (exact) mass is 397 g/mol. The molecule has 0 amide bonds. The highest BCUT2D eigenvalue weighted by Crippen LogP contribution is 2.28. The summed E-state index contributed by atoms with van der Waals surface area (Å²) in [5.41, 5.74) is 3.04. The number of hydrogen-bond acceptors (Lipinski definition) is 4. The lowest BCUT2D eigenvalue weighted by Crippen LogP contribution is -2.07. The van der Waals surface area contributed by atoms with Crippen molar-refractivity contribution in [1.82, 2.24) is 9.97 Å². The minimum absolute atomic E-state index is 0.0116. The van der Waals surface area contributed by atoms with E-state index in [2.05, 4.69) is 31.4 Å². The molecule has 0 saturated carbocycles. The number of nitrogens with one attached hydrogen (secondary N) is 2. The Balaban J connectivity index is 2.14. The number of fused-ring (bicyclic) bond motifs is 1. The molecule has 0 saturated heterocycles. The normalized spacial score (nSPS) is 11.0. The van der Waals surface area contributed by atoms with E-state index < -0.39 is 11.6 Å². The molecule has 2 aromatic heterocycles. The Kier molecular flexibility index (Phi) is 4.34. The van der Waals surface area contributed by atoms with Gasteiger partial charge in [-0.05, 0) is 34.1 Å². The van der Waals surface area contributed by atoms with Crippen molar-refractivity contribution in [1.29, 1.82) is 0 Å². The van der Waals surface area contributed by atoms with Crippen LogP contribution in [0.15, 0.2) is 35.1 Å². The van der Waals surface area contributed by atoms with E-state index in [0.29, 0.717) is 21.1 Å². The fourth-order valence-electron chi connectivity index (χ4n) is 2.25. The van der Waals surface area contributed by atoms with E-state index in [1.807, 2.05) is 0 Å². The molecule has 0 aliphatic rings. The van der Waals surface area contributed by atoms with Gasteiger partial charge in [0.15, 0.2) is 11.6 Å². The summed E-state index contributed by atoms with van der Waals surface area (Å²) in [7, 11) is 1.34. The molecule has 3 aromatic rings. The predicted octanol–water partition coefficient (Wildman–Crippen LogP) is 4.32. The van der Waals surface area contributed by atoms with E-state index in [9.17, 15) is 9.18 Å². The number of H-pyrrole nitrogens is 1. The number of nitrogens with zero attached hydrogens (tertiary/aromatic N) is 1. The largest absolute Gasteiger partial charge is 0.345 e. The first-order valence-electron chi connectivity index (χ1n) is 6.46. The summed E-state index contributed by atoms with van der Waals surface area (Å²) >= 11 is 9.27. The van der Waals surface area contributed by atoms with Crippen molar-refractivity contribution < 1.29 is 14.0 Å². The molecule has 2 N–H and O–H groups in total. The molecule has 0 fully saturated rings. The lowest BCUT2D eigenvalue weighted by atomic mass is 10.0. The van der Waals surface area contributed by atoms with Crippen LogP contribution in [-0.2, 0) is 4.84 Å². The van der Waals surface area contributed by atoms with Crippen LogP contribution in [0.3, 0.4) is 0 Å². The fraction of sp³-hybridized carbons (Fsp3) is 0.0667. The lowest BCUT2D eigenvalue weighted by Gasteiger charge is -2.09. The summed E-state index contributed by atoms with van der Waals surface area (Å²) < 4.78 is 15.2. The first-order chi connectivity index (χ1) is 11.0. The maximum Gasteiger partial charge on any atom is 0.198 e. The maximum absolute atomic E-state index is 14.5. The van der Waals surface area contributed by atoms with Gasteiger partial charge in [0.2, 0.25) is 0 Å². The molecule has 0 unspecified atom stereocenters. The van der Waals surface area contributed by atoms with Gasteiger partial charge < -0.3 is 4.98 Å². The standard InChI is InChI=1S/C15H10BrClFN3O2/c1-23-21-12-4-8(17)3-10(13(12)18)14(22)11-6-20-15-9(11)2-7(16)5-19-15/h2-6,21H,1H3,(H,19,20). The summed E-state index contributed by atoms with van der Waals surface area (Å²) in [6.07, 6.45) is 3.10. The average molecular weight is 399 g/mol. The number of rotatable bonds is 4. The molecule has 0 radical (unpaired) electrons. The smallest absolute Gasteiger partial charge is 0.198 e. The minimum atomic E-state index is -0.737. The third kappa shape index (κ3) is 2.95. The molecular weight excluding hydrogens is 389 g/mol. The van der Waals surface area contributed by atoms with Crippen LogP contribution in [0.4, 0.5) is 10.1 Å². The minimum Gasteiger partial charge on any atom is -0.345 e. The van der Waals surface area contributed by atoms with E-state index in [1.54, 1.807) is 12.3 Å². The van der Waals surface area contributed by atoms with E-state index in [4.69, 9.17) is 16.4 Å². The summed E-state index contributed by atoms with van der Waals surface area (Å²) in [5.74, 6) is -1.24. The highest BCUT2D eigenvalue weighted by molar-refractivity contribution is 9.10. The number of aromatic nitrogens is 2. The third-order valence-corrected chi connectivity index (χ3v) is 3.89. The molecule has 0 bridgehead atoms. The molecule has 3 rings (SSSR count). The van der Waals surface area contributed by atoms with Crippen LogP contribution in [-0.4, -0.2) is 22.9 Å². The summed E-state index contributed by atoms with van der Waals surface area (Å²) in [6.45, 7) is 0. The number of carbonyl (C=O) groups is 1. The number of ketones is 1. The van der Waals surface area contributed by atoms with Crippen molar-refractivity contribution in [3.8, 4) is 0 Å². The molecule has 2 heterocycles. The molecule has 5 nitrogen and oxygen atoms in total. The van der Waals surface area contributed by atoms with Crippen LogP contribution in [0.25, 0.3) is 11.0 Å². The SMILES string of the molecule is CONc1cc(Cl)cc(C(=O)c2c[nH]c3ncc(Br)cc23)c1F. The van der Waals surface area contributed by atoms with Crippen molar-refractivity contribution in [2.24, 2.45) is 0 Å². The van der Waals surface area contributed by atoms with Gasteiger partial charge >= 0.3 is 0 Å². The van der Waals surface area contributed by atoms with Crippen LogP contribution in [0, 0.1) is 5.82 Å². The number of aromatic amines is 1. The Bertz CT molecular complexity index is 913. The third-order valence-electron chi connectivity index (χ3n) is 3.24. The van der Waals surface area contributed by atoms with Crippen LogP contribution in [0.5, 0.6) is 0 Å². The van der Waals surface area contributed by atoms with E-state index in [1.165, 1.54) is 25.4 Å². The van der Waals surface area contributed by atoms with Gasteiger partial charge in [-0.25, -0.2) is 9.37 Å². The van der Waals surface area contributed by atoms with Gasteiger partial charge in [-0.15, -0.1) is 0 Å². The second-order valence-corrected chi connectivity index (χ2v) is 6.05. The molecule has 0 spiro atoms. The van der Waals surface area contributed by atoms with E-state index in [0.717, 1.165) is 0 Å². The fourth-order valence-corrected chi connectivity index (χ4v) is 2.80. The zero-order chi connectivity index (χ0) is 16.6. The Hall–Kier alpha value is -1.96. The van der Waals surface area contributed by atoms with Gasteiger partial charge in [0, 0.05) is 32.8 Å². The molecule has 23 heavy (non-hydrogen) atoms. The second-order valence-electron chi connectivity index (χ2n) is 4.70. The summed E-state index contributed by atoms with van der Waals surface area (Å²) in [6, 6.07) is 4.36. The van der Waals surface area contributed by atoms with Crippen molar-refractivity contribution in [3.63, 3.8) is 0 Å². The molecule has 0 aliphatic heterocycles. The first-order valence-corrected chi connectivity index (χ1v) is 7.63. The molecule has 0 aliphatic carbocycles. The maximum atomic E-state index is 14.5. The Morgan fingerprint density at radius 3 is 2.91 bits per heavy atom. The highest BCUT2D eigenvalue weighted by Gasteiger charge is 2.21. The zero-order valence-corrected chi connectivity index (χ0v) is 14.1. The number of halogens is 3. The van der Waals surface area contributed by atoms with Crippen LogP contribution >= 0.6 is 27.5 Å². The van der Waals surface area contributed by atoms with Crippen LogP contribution in [0.2, 0.25) is 5.02 Å². The molecule has 118 valence electrons. The van der Waals surface area contributed by atoms with E-state index >= 15 is 0 Å². The zero-order valence-electron chi connectivity index (χ0n) is 11.8. The topological polar surface area (TPSA) is 67.0 Å². The summed E-state index contributed by atoms with van der Waals surface area (Å²) in [4.78, 5) is 24.5. The van der Waals surface area contributed by atoms with Gasteiger partial charge in [-0.2, -0.15) is 0 Å². The van der Waals surface area contributed by atoms with Gasteiger partial charge in [0.05, 0.1) is 18.4 Å². The van der Waals surface area contributed by atoms with Crippen LogP contribution < -0.4 is 5.48 Å². The number of hydrogen-bond donors (Lipinski definition) is 2. The van der Waals surface area contributed by atoms with Gasteiger partial charge in [-0.1, -0.05) is 11.6 Å². The highest BCUT2D eigenvalue weighted by atomic mass is 79.9. The first kappa shape index (κ1) is 15.9. The van der Waals surface area contributed by atoms with Crippen LogP contribution in [0.1, 0.15) is 15.9 Å². The number of carbonyl (C=O) groups excluding carboxylic acids is 1. The predicted molar refractivity (Wildman–Crippen MR) is 89.3 cm³/mol. The molecule has 1 aromatic carbocycles. The average Bonchev–Trinajstić information content (AvgIpc) is 2.93. The Morgan fingerprint density at radius 2 is 2.17 bits per heavy atom. The van der Waals surface area contributed by atoms with Crippen molar-refractivity contribution in [2.45, 2.75) is 0 Å². The second kappa shape index (κ2) is 6.27. The molecule has 8 heteroatoms. The van der Waals surface area contributed by atoms with Crippen molar-refractivity contribution in [3.05, 3.63) is 57.0 Å². The Morgan fingerprint density at radius 1 is 1.39 bits per heavy atom. The number of benzene rings is 1. The van der Waals surface area contributed by atoms with Gasteiger partial charge in [0.1, 0.15) is 5.65 Å². The number of anilines is 1. The Labute approximate surface area is 143 Å². The molecule has 0 atom stereocenters. The van der Waals surface area contributed by atoms with Crippen molar-refractivity contribution in [2.75, 3.05) is 12.6 Å². The van der Waals surface area contributed by atoms with Crippen molar-refractivity contribution >= 4 is 50.0 Å². The lowest BCUT2D eigenvalue weighted by molar-refractivity contribution is 0.103. The summed E-state index contributed by atoms with van der Waals surface area (Å²) in [5, 5.41) is 0.804. The molecular formula is C15H10BrClFN3O2. The number of pyridine rings is 1. The quantitative estimate of drug-likeness (QED) is 0.507.